The van der Waals surface area contributed by atoms with Gasteiger partial charge in [0.25, 0.3) is 0 Å². The zero-order valence-corrected chi connectivity index (χ0v) is 14.6. The van der Waals surface area contributed by atoms with E-state index in [4.69, 9.17) is 16.3 Å². The van der Waals surface area contributed by atoms with E-state index in [1.54, 1.807) is 18.2 Å². The highest BCUT2D eigenvalue weighted by Crippen LogP contribution is 2.27. The average molecular weight is 361 g/mol. The first kappa shape index (κ1) is 18.0. The van der Waals surface area contributed by atoms with Gasteiger partial charge < -0.3 is 10.1 Å². The lowest BCUT2D eigenvalue weighted by atomic mass is 10.2. The summed E-state index contributed by atoms with van der Waals surface area (Å²) in [5.41, 5.74) is 0.431. The molecule has 0 bridgehead atoms. The van der Waals surface area contributed by atoms with Crippen LogP contribution in [0.2, 0.25) is 5.02 Å². The molecule has 0 radical (unpaired) electrons. The van der Waals surface area contributed by atoms with Crippen molar-refractivity contribution in [2.24, 2.45) is 0 Å². The first-order valence-corrected chi connectivity index (χ1v) is 9.52. The zero-order chi connectivity index (χ0) is 16.9. The van der Waals surface area contributed by atoms with Crippen molar-refractivity contribution in [2.75, 3.05) is 31.3 Å². The lowest BCUT2D eigenvalue weighted by Crippen LogP contribution is -2.37. The van der Waals surface area contributed by atoms with Gasteiger partial charge in [0.15, 0.2) is 0 Å². The van der Waals surface area contributed by atoms with Crippen LogP contribution in [0.1, 0.15) is 25.7 Å². The zero-order valence-electron chi connectivity index (χ0n) is 13.0. The van der Waals surface area contributed by atoms with E-state index in [1.807, 2.05) is 0 Å². The molecule has 128 valence electrons. The minimum absolute atomic E-state index is 0.103. The SMILES string of the molecule is COc1ccc(Cl)cc1NC(=O)CCS(=O)(=O)N1CCCCC1. The topological polar surface area (TPSA) is 75.7 Å². The van der Waals surface area contributed by atoms with Gasteiger partial charge in [-0.15, -0.1) is 0 Å². The summed E-state index contributed by atoms with van der Waals surface area (Å²) in [6.07, 6.45) is 2.71. The number of amides is 1. The molecule has 1 heterocycles. The molecule has 23 heavy (non-hydrogen) atoms. The van der Waals surface area contributed by atoms with Gasteiger partial charge in [-0.2, -0.15) is 0 Å². The summed E-state index contributed by atoms with van der Waals surface area (Å²) < 4.78 is 31.1. The number of benzene rings is 1. The van der Waals surface area contributed by atoms with Gasteiger partial charge in [-0.05, 0) is 31.0 Å². The predicted molar refractivity (Wildman–Crippen MR) is 90.5 cm³/mol. The van der Waals surface area contributed by atoms with Crippen molar-refractivity contribution in [1.29, 1.82) is 0 Å². The van der Waals surface area contributed by atoms with Crippen LogP contribution in [0, 0.1) is 0 Å². The smallest absolute Gasteiger partial charge is 0.225 e. The first-order valence-electron chi connectivity index (χ1n) is 7.53. The standard InChI is InChI=1S/C15H21ClN2O4S/c1-22-14-6-5-12(16)11-13(14)17-15(19)7-10-23(20,21)18-8-3-2-4-9-18/h5-6,11H,2-4,7-10H2,1H3,(H,17,19). The molecule has 0 atom stereocenters. The Bertz CT molecular complexity index is 657. The summed E-state index contributed by atoms with van der Waals surface area (Å²) in [4.78, 5) is 12.0. The summed E-state index contributed by atoms with van der Waals surface area (Å²) in [5.74, 6) is -0.102. The maximum absolute atomic E-state index is 12.2. The predicted octanol–water partition coefficient (Wildman–Crippen LogP) is 2.49. The second-order valence-electron chi connectivity index (χ2n) is 5.42. The van der Waals surface area contributed by atoms with Crippen LogP contribution in [0.3, 0.4) is 0 Å². The van der Waals surface area contributed by atoms with Crippen LogP contribution in [0.5, 0.6) is 5.75 Å². The highest BCUT2D eigenvalue weighted by molar-refractivity contribution is 7.89. The number of carbonyl (C=O) groups excluding carboxylic acids is 1. The Morgan fingerprint density at radius 2 is 2.00 bits per heavy atom. The Morgan fingerprint density at radius 1 is 1.30 bits per heavy atom. The number of halogens is 1. The van der Waals surface area contributed by atoms with E-state index in [0.717, 1.165) is 19.3 Å². The Labute approximate surface area is 141 Å². The molecule has 8 heteroatoms. The molecule has 6 nitrogen and oxygen atoms in total. The lowest BCUT2D eigenvalue weighted by molar-refractivity contribution is -0.115. The third kappa shape index (κ3) is 5.09. The number of anilines is 1. The van der Waals surface area contributed by atoms with E-state index < -0.39 is 10.0 Å². The molecule has 0 aromatic heterocycles. The van der Waals surface area contributed by atoms with Crippen LogP contribution in [0.15, 0.2) is 18.2 Å². The molecule has 1 amide bonds. The van der Waals surface area contributed by atoms with Crippen LogP contribution < -0.4 is 10.1 Å². The minimum atomic E-state index is -3.38. The van der Waals surface area contributed by atoms with Crippen LogP contribution in [-0.4, -0.2) is 44.6 Å². The summed E-state index contributed by atoms with van der Waals surface area (Å²) in [6, 6.07) is 4.86. The molecule has 1 aromatic carbocycles. The van der Waals surface area contributed by atoms with Crippen molar-refractivity contribution < 1.29 is 17.9 Å². The van der Waals surface area contributed by atoms with Crippen LogP contribution in [0.25, 0.3) is 0 Å². The summed E-state index contributed by atoms with van der Waals surface area (Å²) in [5, 5.41) is 3.11. The van der Waals surface area contributed by atoms with Crippen molar-refractivity contribution in [1.82, 2.24) is 4.31 Å². The second-order valence-corrected chi connectivity index (χ2v) is 7.94. The second kappa shape index (κ2) is 7.99. The summed E-state index contributed by atoms with van der Waals surface area (Å²) >= 11 is 5.90. The largest absolute Gasteiger partial charge is 0.495 e. The Balaban J connectivity index is 1.93. The number of methoxy groups -OCH3 is 1. The maximum Gasteiger partial charge on any atom is 0.225 e. The van der Waals surface area contributed by atoms with Crippen molar-refractivity contribution in [3.8, 4) is 5.75 Å². The molecule has 0 unspecified atom stereocenters. The molecule has 0 aliphatic carbocycles. The van der Waals surface area contributed by atoms with Gasteiger partial charge in [-0.1, -0.05) is 18.0 Å². The molecule has 1 aliphatic rings. The van der Waals surface area contributed by atoms with Crippen LogP contribution >= 0.6 is 11.6 Å². The van der Waals surface area contributed by atoms with Crippen molar-refractivity contribution in [3.63, 3.8) is 0 Å². The Kier molecular flexibility index (Phi) is 6.26. The van der Waals surface area contributed by atoms with E-state index >= 15 is 0 Å². The van der Waals surface area contributed by atoms with Gasteiger partial charge in [0.2, 0.25) is 15.9 Å². The van der Waals surface area contributed by atoms with Gasteiger partial charge in [-0.25, -0.2) is 12.7 Å². The van der Waals surface area contributed by atoms with E-state index in [9.17, 15) is 13.2 Å². The molecule has 1 saturated heterocycles. The van der Waals surface area contributed by atoms with Crippen LogP contribution in [-0.2, 0) is 14.8 Å². The third-order valence-corrected chi connectivity index (χ3v) is 5.84. The monoisotopic (exact) mass is 360 g/mol. The first-order chi connectivity index (χ1) is 10.9. The normalized spacial score (nSPS) is 16.1. The number of hydrogen-bond donors (Lipinski definition) is 1. The summed E-state index contributed by atoms with van der Waals surface area (Å²) in [7, 11) is -1.89. The number of piperidine rings is 1. The molecular formula is C15H21ClN2O4S. The highest BCUT2D eigenvalue weighted by Gasteiger charge is 2.24. The molecule has 1 N–H and O–H groups in total. The number of carbonyl (C=O) groups is 1. The van der Waals surface area contributed by atoms with Crippen molar-refractivity contribution in [3.05, 3.63) is 23.2 Å². The van der Waals surface area contributed by atoms with E-state index in [2.05, 4.69) is 5.32 Å². The number of nitrogens with one attached hydrogen (secondary N) is 1. The molecule has 1 aromatic rings. The quantitative estimate of drug-likeness (QED) is 0.845. The fourth-order valence-corrected chi connectivity index (χ4v) is 4.17. The Morgan fingerprint density at radius 3 is 2.65 bits per heavy atom. The summed E-state index contributed by atoms with van der Waals surface area (Å²) in [6.45, 7) is 1.10. The molecule has 1 aliphatic heterocycles. The lowest BCUT2D eigenvalue weighted by Gasteiger charge is -2.25. The maximum atomic E-state index is 12.2. The van der Waals surface area contributed by atoms with Crippen molar-refractivity contribution in [2.45, 2.75) is 25.7 Å². The van der Waals surface area contributed by atoms with E-state index in [1.165, 1.54) is 11.4 Å². The van der Waals surface area contributed by atoms with E-state index in [-0.39, 0.29) is 18.1 Å². The molecule has 0 saturated carbocycles. The fraction of sp³-hybridized carbons (Fsp3) is 0.533. The molecule has 0 spiro atoms. The number of ether oxygens (including phenoxy) is 1. The van der Waals surface area contributed by atoms with Crippen molar-refractivity contribution >= 4 is 33.2 Å². The average Bonchev–Trinajstić information content (AvgIpc) is 2.54. The van der Waals surface area contributed by atoms with Gasteiger partial charge in [0.05, 0.1) is 18.6 Å². The minimum Gasteiger partial charge on any atom is -0.495 e. The fourth-order valence-electron chi connectivity index (χ4n) is 2.48. The van der Waals surface area contributed by atoms with Gasteiger partial charge in [0, 0.05) is 24.5 Å². The molecular weight excluding hydrogens is 340 g/mol. The van der Waals surface area contributed by atoms with E-state index in [0.29, 0.717) is 29.5 Å². The van der Waals surface area contributed by atoms with Gasteiger partial charge in [-0.3, -0.25) is 4.79 Å². The Hall–Kier alpha value is -1.31. The van der Waals surface area contributed by atoms with Gasteiger partial charge in [0.1, 0.15) is 5.75 Å². The highest BCUT2D eigenvalue weighted by atomic mass is 35.5. The molecule has 2 rings (SSSR count). The number of sulfonamides is 1. The number of hydrogen-bond acceptors (Lipinski definition) is 4. The number of nitrogens with zero attached hydrogens (tertiary/aromatic N) is 1. The molecule has 1 fully saturated rings. The number of rotatable bonds is 6. The third-order valence-electron chi connectivity index (χ3n) is 3.73. The van der Waals surface area contributed by atoms with Crippen LogP contribution in [0.4, 0.5) is 5.69 Å². The van der Waals surface area contributed by atoms with Gasteiger partial charge >= 0.3 is 0 Å².